The van der Waals surface area contributed by atoms with Crippen LogP contribution < -0.4 is 0 Å². The molecule has 0 amide bonds. The van der Waals surface area contributed by atoms with E-state index in [4.69, 9.17) is 5.11 Å². The highest BCUT2D eigenvalue weighted by molar-refractivity contribution is 5.99. The standard InChI is InChI=1S/C15H12N2O3/c1-8-13(10-3-2-4-12(18)14(10)17-8)11-6-5-9(7-16-11)15(19)20/h2-7,17-18H,1H3,(H,19,20). The van der Waals surface area contributed by atoms with Gasteiger partial charge in [0.1, 0.15) is 5.75 Å². The molecule has 0 saturated carbocycles. The van der Waals surface area contributed by atoms with E-state index in [1.165, 1.54) is 12.3 Å². The maximum absolute atomic E-state index is 10.8. The second kappa shape index (κ2) is 4.38. The van der Waals surface area contributed by atoms with Gasteiger partial charge in [0.05, 0.1) is 16.8 Å². The number of aromatic hydroxyl groups is 1. The normalized spacial score (nSPS) is 10.8. The summed E-state index contributed by atoms with van der Waals surface area (Å²) in [5, 5.41) is 19.6. The summed E-state index contributed by atoms with van der Waals surface area (Å²) in [6, 6.07) is 8.46. The minimum absolute atomic E-state index is 0.147. The van der Waals surface area contributed by atoms with Gasteiger partial charge in [-0.3, -0.25) is 4.98 Å². The predicted molar refractivity (Wildman–Crippen MR) is 74.9 cm³/mol. The molecule has 0 atom stereocenters. The van der Waals surface area contributed by atoms with Crippen LogP contribution in [0.2, 0.25) is 0 Å². The van der Waals surface area contributed by atoms with Gasteiger partial charge in [-0.25, -0.2) is 4.79 Å². The van der Waals surface area contributed by atoms with Crippen LogP contribution in [0.3, 0.4) is 0 Å². The van der Waals surface area contributed by atoms with Crippen LogP contribution in [0.15, 0.2) is 36.5 Å². The van der Waals surface area contributed by atoms with Gasteiger partial charge in [0.2, 0.25) is 0 Å². The fourth-order valence-electron chi connectivity index (χ4n) is 2.33. The van der Waals surface area contributed by atoms with Gasteiger partial charge in [-0.1, -0.05) is 12.1 Å². The smallest absolute Gasteiger partial charge is 0.337 e. The lowest BCUT2D eigenvalue weighted by Crippen LogP contribution is -1.97. The van der Waals surface area contributed by atoms with Crippen molar-refractivity contribution in [3.63, 3.8) is 0 Å². The van der Waals surface area contributed by atoms with Gasteiger partial charge in [0.25, 0.3) is 0 Å². The number of rotatable bonds is 2. The zero-order chi connectivity index (χ0) is 14.3. The van der Waals surface area contributed by atoms with Gasteiger partial charge in [-0.2, -0.15) is 0 Å². The number of aromatic amines is 1. The summed E-state index contributed by atoms with van der Waals surface area (Å²) in [6.07, 6.45) is 1.33. The number of nitrogens with one attached hydrogen (secondary N) is 1. The van der Waals surface area contributed by atoms with Crippen LogP contribution in [-0.4, -0.2) is 26.2 Å². The van der Waals surface area contributed by atoms with Crippen molar-refractivity contribution in [2.45, 2.75) is 6.92 Å². The van der Waals surface area contributed by atoms with Crippen molar-refractivity contribution in [3.8, 4) is 17.0 Å². The molecular weight excluding hydrogens is 256 g/mol. The highest BCUT2D eigenvalue weighted by atomic mass is 16.4. The summed E-state index contributed by atoms with van der Waals surface area (Å²) in [7, 11) is 0. The van der Waals surface area contributed by atoms with Crippen molar-refractivity contribution in [3.05, 3.63) is 47.8 Å². The number of aromatic carboxylic acids is 1. The topological polar surface area (TPSA) is 86.2 Å². The molecule has 3 aromatic rings. The number of nitrogens with zero attached hydrogens (tertiary/aromatic N) is 1. The van der Waals surface area contributed by atoms with E-state index >= 15 is 0 Å². The van der Waals surface area contributed by atoms with Gasteiger partial charge >= 0.3 is 5.97 Å². The minimum Gasteiger partial charge on any atom is -0.506 e. The highest BCUT2D eigenvalue weighted by Gasteiger charge is 2.14. The first kappa shape index (κ1) is 12.2. The lowest BCUT2D eigenvalue weighted by molar-refractivity contribution is 0.0696. The Labute approximate surface area is 114 Å². The Morgan fingerprint density at radius 2 is 2.05 bits per heavy atom. The zero-order valence-corrected chi connectivity index (χ0v) is 10.7. The summed E-state index contributed by atoms with van der Waals surface area (Å²) in [5.74, 6) is -0.823. The van der Waals surface area contributed by atoms with Crippen LogP contribution in [0.4, 0.5) is 0 Å². The maximum Gasteiger partial charge on any atom is 0.337 e. The van der Waals surface area contributed by atoms with E-state index in [-0.39, 0.29) is 11.3 Å². The maximum atomic E-state index is 10.8. The van der Waals surface area contributed by atoms with Crippen molar-refractivity contribution < 1.29 is 15.0 Å². The van der Waals surface area contributed by atoms with Crippen molar-refractivity contribution >= 4 is 16.9 Å². The zero-order valence-electron chi connectivity index (χ0n) is 10.7. The van der Waals surface area contributed by atoms with Gasteiger partial charge in [0.15, 0.2) is 0 Å². The van der Waals surface area contributed by atoms with E-state index in [2.05, 4.69) is 9.97 Å². The monoisotopic (exact) mass is 268 g/mol. The largest absolute Gasteiger partial charge is 0.506 e. The molecule has 0 saturated heterocycles. The number of benzene rings is 1. The number of phenolic OH excluding ortho intramolecular Hbond substituents is 1. The van der Waals surface area contributed by atoms with Crippen LogP contribution in [0, 0.1) is 6.92 Å². The van der Waals surface area contributed by atoms with Gasteiger partial charge in [-0.05, 0) is 25.1 Å². The van der Waals surface area contributed by atoms with E-state index in [1.54, 1.807) is 18.2 Å². The Morgan fingerprint density at radius 1 is 1.25 bits per heavy atom. The van der Waals surface area contributed by atoms with E-state index < -0.39 is 5.97 Å². The molecule has 20 heavy (non-hydrogen) atoms. The van der Waals surface area contributed by atoms with Gasteiger partial charge in [0, 0.05) is 22.8 Å². The Balaban J connectivity index is 2.21. The Bertz CT molecular complexity index is 804. The summed E-state index contributed by atoms with van der Waals surface area (Å²) in [6.45, 7) is 1.89. The molecule has 2 heterocycles. The van der Waals surface area contributed by atoms with Crippen LogP contribution in [-0.2, 0) is 0 Å². The number of hydrogen-bond donors (Lipinski definition) is 3. The molecule has 0 radical (unpaired) electrons. The molecule has 0 unspecified atom stereocenters. The first-order valence-corrected chi connectivity index (χ1v) is 6.08. The third-order valence-electron chi connectivity index (χ3n) is 3.27. The number of para-hydroxylation sites is 1. The second-order valence-electron chi connectivity index (χ2n) is 4.56. The second-order valence-corrected chi connectivity index (χ2v) is 4.56. The van der Waals surface area contributed by atoms with E-state index in [0.29, 0.717) is 11.2 Å². The lowest BCUT2D eigenvalue weighted by atomic mass is 10.1. The van der Waals surface area contributed by atoms with Crippen LogP contribution >= 0.6 is 0 Å². The molecular formula is C15H12N2O3. The summed E-state index contributed by atoms with van der Waals surface area (Å²) >= 11 is 0. The number of carboxylic acids is 1. The molecule has 0 fully saturated rings. The average Bonchev–Trinajstić information content (AvgIpc) is 2.77. The molecule has 3 rings (SSSR count). The van der Waals surface area contributed by atoms with Crippen molar-refractivity contribution in [2.24, 2.45) is 0 Å². The number of phenols is 1. The molecule has 5 heteroatoms. The quantitative estimate of drug-likeness (QED) is 0.667. The first-order chi connectivity index (χ1) is 9.58. The van der Waals surface area contributed by atoms with E-state index in [0.717, 1.165) is 16.6 Å². The SMILES string of the molecule is Cc1[nH]c2c(O)cccc2c1-c1ccc(C(=O)O)cn1. The molecule has 2 aromatic heterocycles. The number of carboxylic acid groups (broad SMARTS) is 1. The van der Waals surface area contributed by atoms with Crippen LogP contribution in [0.1, 0.15) is 16.1 Å². The van der Waals surface area contributed by atoms with Crippen molar-refractivity contribution in [2.75, 3.05) is 0 Å². The molecule has 0 aliphatic carbocycles. The molecule has 0 bridgehead atoms. The molecule has 5 nitrogen and oxygen atoms in total. The molecule has 0 spiro atoms. The predicted octanol–water partition coefficient (Wildman–Crippen LogP) is 2.94. The average molecular weight is 268 g/mol. The third-order valence-corrected chi connectivity index (χ3v) is 3.27. The molecule has 3 N–H and O–H groups in total. The summed E-state index contributed by atoms with van der Waals surface area (Å²) in [4.78, 5) is 18.2. The molecule has 0 aliphatic heterocycles. The van der Waals surface area contributed by atoms with E-state index in [9.17, 15) is 9.90 Å². The fraction of sp³-hybridized carbons (Fsp3) is 0.0667. The van der Waals surface area contributed by atoms with E-state index in [1.807, 2.05) is 13.0 Å². The van der Waals surface area contributed by atoms with Crippen molar-refractivity contribution in [1.82, 2.24) is 9.97 Å². The number of H-pyrrole nitrogens is 1. The van der Waals surface area contributed by atoms with Gasteiger partial charge < -0.3 is 15.2 Å². The number of pyridine rings is 1. The molecule has 1 aromatic carbocycles. The number of fused-ring (bicyclic) bond motifs is 1. The number of carbonyl (C=O) groups is 1. The minimum atomic E-state index is -1.00. The number of aryl methyl sites for hydroxylation is 1. The lowest BCUT2D eigenvalue weighted by Gasteiger charge is -2.02. The highest BCUT2D eigenvalue weighted by Crippen LogP contribution is 2.34. The Hall–Kier alpha value is -2.82. The Morgan fingerprint density at radius 3 is 2.70 bits per heavy atom. The third kappa shape index (κ3) is 1.80. The molecule has 0 aliphatic rings. The Kier molecular flexibility index (Phi) is 2.68. The first-order valence-electron chi connectivity index (χ1n) is 6.08. The van der Waals surface area contributed by atoms with Crippen LogP contribution in [0.5, 0.6) is 5.75 Å². The fourth-order valence-corrected chi connectivity index (χ4v) is 2.33. The number of aromatic nitrogens is 2. The number of hydrogen-bond acceptors (Lipinski definition) is 3. The summed E-state index contributed by atoms with van der Waals surface area (Å²) < 4.78 is 0. The van der Waals surface area contributed by atoms with Gasteiger partial charge in [-0.15, -0.1) is 0 Å². The molecule has 100 valence electrons. The summed E-state index contributed by atoms with van der Waals surface area (Å²) in [5.41, 5.74) is 3.22. The van der Waals surface area contributed by atoms with Crippen LogP contribution in [0.25, 0.3) is 22.2 Å². The van der Waals surface area contributed by atoms with Crippen molar-refractivity contribution in [1.29, 1.82) is 0 Å².